The van der Waals surface area contributed by atoms with Crippen LogP contribution in [0.25, 0.3) is 6.08 Å². The summed E-state index contributed by atoms with van der Waals surface area (Å²) in [5.74, 6) is 0.419. The zero-order valence-corrected chi connectivity index (χ0v) is 19.3. The second-order valence-electron chi connectivity index (χ2n) is 6.30. The third-order valence-corrected chi connectivity index (χ3v) is 7.96. The summed E-state index contributed by atoms with van der Waals surface area (Å²) in [6.45, 7) is 0.251. The molecular weight excluding hydrogens is 479 g/mol. The maximum Gasteiger partial charge on any atom is 0.293 e. The van der Waals surface area contributed by atoms with Crippen molar-refractivity contribution in [2.24, 2.45) is 0 Å². The van der Waals surface area contributed by atoms with Crippen LogP contribution in [-0.4, -0.2) is 21.0 Å². The van der Waals surface area contributed by atoms with E-state index in [2.05, 4.69) is 4.98 Å². The smallest absolute Gasteiger partial charge is 0.268 e. The first-order chi connectivity index (χ1) is 14.5. The molecule has 1 aliphatic heterocycles. The molecule has 1 aliphatic rings. The molecular formula is C21H14Cl2N2O2S3. The van der Waals surface area contributed by atoms with Crippen LogP contribution >= 0.6 is 58.1 Å². The van der Waals surface area contributed by atoms with Gasteiger partial charge in [-0.3, -0.25) is 14.5 Å². The Morgan fingerprint density at radius 2 is 1.73 bits per heavy atom. The lowest BCUT2D eigenvalue weighted by Crippen LogP contribution is -2.27. The van der Waals surface area contributed by atoms with Crippen molar-refractivity contribution in [2.75, 3.05) is 0 Å². The summed E-state index contributed by atoms with van der Waals surface area (Å²) in [4.78, 5) is 31.7. The zero-order chi connectivity index (χ0) is 21.1. The molecule has 0 N–H and O–H groups in total. The molecule has 2 aromatic carbocycles. The average molecular weight is 493 g/mol. The Balaban J connectivity index is 1.46. The van der Waals surface area contributed by atoms with Gasteiger partial charge >= 0.3 is 0 Å². The number of carbonyl (C=O) groups is 2. The molecule has 30 heavy (non-hydrogen) atoms. The van der Waals surface area contributed by atoms with Crippen LogP contribution in [-0.2, 0) is 17.1 Å². The summed E-state index contributed by atoms with van der Waals surface area (Å²) in [5, 5.41) is 0.742. The monoisotopic (exact) mass is 492 g/mol. The van der Waals surface area contributed by atoms with Gasteiger partial charge in [-0.15, -0.1) is 11.3 Å². The number of benzene rings is 2. The Morgan fingerprint density at radius 1 is 1.00 bits per heavy atom. The molecule has 2 amide bonds. The van der Waals surface area contributed by atoms with Gasteiger partial charge in [-0.25, -0.2) is 4.98 Å². The summed E-state index contributed by atoms with van der Waals surface area (Å²) in [6, 6.07) is 17.1. The van der Waals surface area contributed by atoms with E-state index in [1.54, 1.807) is 17.8 Å². The molecule has 1 aromatic heterocycles. The molecule has 9 heteroatoms. The molecule has 2 heterocycles. The number of hydrogen-bond donors (Lipinski definition) is 0. The molecule has 4 nitrogen and oxygen atoms in total. The molecule has 0 unspecified atom stereocenters. The zero-order valence-electron chi connectivity index (χ0n) is 15.4. The standard InChI is InChI=1S/C21H14Cl2N2O2S3/c22-15-8-6-14(7-9-15)12-28-20-24-18(23)16(29-20)10-17-19(26)25(21(27)30-17)11-13-4-2-1-3-5-13/h1-10H,11-12H2. The Bertz CT molecular complexity index is 1120. The Labute approximate surface area is 196 Å². The lowest BCUT2D eigenvalue weighted by Gasteiger charge is -2.11. The quantitative estimate of drug-likeness (QED) is 0.274. The predicted octanol–water partition coefficient (Wildman–Crippen LogP) is 6.98. The topological polar surface area (TPSA) is 50.3 Å². The van der Waals surface area contributed by atoms with Gasteiger partial charge in [-0.05, 0) is 41.1 Å². The Morgan fingerprint density at radius 3 is 2.47 bits per heavy atom. The highest BCUT2D eigenvalue weighted by atomic mass is 35.5. The van der Waals surface area contributed by atoms with Crippen molar-refractivity contribution in [2.45, 2.75) is 16.6 Å². The maximum atomic E-state index is 12.7. The fraction of sp³-hybridized carbons (Fsp3) is 0.0952. The molecule has 1 saturated heterocycles. The Hall–Kier alpha value is -1.77. The number of amides is 2. The predicted molar refractivity (Wildman–Crippen MR) is 126 cm³/mol. The molecule has 1 fully saturated rings. The first-order valence-corrected chi connectivity index (χ1v) is 12.2. The number of thioether (sulfide) groups is 2. The van der Waals surface area contributed by atoms with Crippen LogP contribution in [0, 0.1) is 0 Å². The lowest BCUT2D eigenvalue weighted by atomic mass is 10.2. The minimum Gasteiger partial charge on any atom is -0.268 e. The van der Waals surface area contributed by atoms with E-state index in [0.29, 0.717) is 20.0 Å². The number of rotatable bonds is 6. The van der Waals surface area contributed by atoms with Gasteiger partial charge in [0.15, 0.2) is 4.34 Å². The second-order valence-corrected chi connectivity index (χ2v) is 10.3. The van der Waals surface area contributed by atoms with Crippen LogP contribution < -0.4 is 0 Å². The molecule has 0 aliphatic carbocycles. The highest BCUT2D eigenvalue weighted by molar-refractivity contribution is 8.18. The van der Waals surface area contributed by atoms with Crippen LogP contribution in [0.4, 0.5) is 4.79 Å². The van der Waals surface area contributed by atoms with Gasteiger partial charge in [0, 0.05) is 10.8 Å². The number of aromatic nitrogens is 1. The van der Waals surface area contributed by atoms with Crippen molar-refractivity contribution >= 4 is 75.3 Å². The summed E-state index contributed by atoms with van der Waals surface area (Å²) >= 11 is 16.1. The Kier molecular flexibility index (Phi) is 6.85. The van der Waals surface area contributed by atoms with E-state index in [4.69, 9.17) is 23.2 Å². The molecule has 4 rings (SSSR count). The number of carbonyl (C=O) groups excluding carboxylic acids is 2. The van der Waals surface area contributed by atoms with E-state index in [1.807, 2.05) is 54.6 Å². The fourth-order valence-corrected chi connectivity index (χ4v) is 6.02. The fourth-order valence-electron chi connectivity index (χ4n) is 2.69. The second kappa shape index (κ2) is 9.58. The van der Waals surface area contributed by atoms with E-state index < -0.39 is 0 Å². The van der Waals surface area contributed by atoms with E-state index in [-0.39, 0.29) is 17.7 Å². The van der Waals surface area contributed by atoms with Gasteiger partial charge in [0.1, 0.15) is 5.15 Å². The number of imide groups is 1. The van der Waals surface area contributed by atoms with Gasteiger partial charge in [-0.2, -0.15) is 0 Å². The van der Waals surface area contributed by atoms with Crippen LogP contribution in [0.3, 0.4) is 0 Å². The van der Waals surface area contributed by atoms with E-state index in [0.717, 1.165) is 33.0 Å². The molecule has 3 aromatic rings. The SMILES string of the molecule is O=C1SC(=Cc2sc(SCc3ccc(Cl)cc3)nc2Cl)C(=O)N1Cc1ccccc1. The maximum absolute atomic E-state index is 12.7. The number of nitrogens with zero attached hydrogens (tertiary/aromatic N) is 2. The van der Waals surface area contributed by atoms with E-state index in [9.17, 15) is 9.59 Å². The van der Waals surface area contributed by atoms with Gasteiger partial charge in [0.2, 0.25) is 0 Å². The van der Waals surface area contributed by atoms with Gasteiger partial charge in [0.05, 0.1) is 16.3 Å². The summed E-state index contributed by atoms with van der Waals surface area (Å²) in [7, 11) is 0. The van der Waals surface area contributed by atoms with Gasteiger partial charge < -0.3 is 0 Å². The summed E-state index contributed by atoms with van der Waals surface area (Å²) in [5.41, 5.74) is 2.03. The molecule has 0 atom stereocenters. The summed E-state index contributed by atoms with van der Waals surface area (Å²) < 4.78 is 0.796. The highest BCUT2D eigenvalue weighted by Gasteiger charge is 2.35. The molecule has 0 spiro atoms. The van der Waals surface area contributed by atoms with Crippen molar-refractivity contribution < 1.29 is 9.59 Å². The first kappa shape index (κ1) is 21.5. The van der Waals surface area contributed by atoms with Crippen molar-refractivity contribution in [3.8, 4) is 0 Å². The normalized spacial score (nSPS) is 15.4. The largest absolute Gasteiger partial charge is 0.293 e. The van der Waals surface area contributed by atoms with Gasteiger partial charge in [-0.1, -0.05) is 77.4 Å². The van der Waals surface area contributed by atoms with Crippen molar-refractivity contribution in [3.63, 3.8) is 0 Å². The van der Waals surface area contributed by atoms with Crippen molar-refractivity contribution in [3.05, 3.63) is 85.7 Å². The van der Waals surface area contributed by atoms with E-state index >= 15 is 0 Å². The highest BCUT2D eigenvalue weighted by Crippen LogP contribution is 2.38. The molecule has 0 saturated carbocycles. The number of halogens is 2. The molecule has 0 bridgehead atoms. The molecule has 0 radical (unpaired) electrons. The van der Waals surface area contributed by atoms with Crippen molar-refractivity contribution in [1.29, 1.82) is 0 Å². The van der Waals surface area contributed by atoms with Crippen molar-refractivity contribution in [1.82, 2.24) is 9.88 Å². The van der Waals surface area contributed by atoms with Crippen LogP contribution in [0.1, 0.15) is 16.0 Å². The minimum absolute atomic E-state index is 0.251. The number of thiazole rings is 1. The molecule has 152 valence electrons. The third-order valence-electron chi connectivity index (χ3n) is 4.18. The first-order valence-electron chi connectivity index (χ1n) is 8.82. The van der Waals surface area contributed by atoms with Crippen LogP contribution in [0.5, 0.6) is 0 Å². The van der Waals surface area contributed by atoms with Crippen LogP contribution in [0.15, 0.2) is 63.8 Å². The lowest BCUT2D eigenvalue weighted by molar-refractivity contribution is -0.123. The van der Waals surface area contributed by atoms with Crippen LogP contribution in [0.2, 0.25) is 10.2 Å². The summed E-state index contributed by atoms with van der Waals surface area (Å²) in [6.07, 6.45) is 1.66. The van der Waals surface area contributed by atoms with Gasteiger partial charge in [0.25, 0.3) is 11.1 Å². The minimum atomic E-state index is -0.311. The number of hydrogen-bond acceptors (Lipinski definition) is 6. The third kappa shape index (κ3) is 5.10. The average Bonchev–Trinajstić information content (AvgIpc) is 3.22. The van der Waals surface area contributed by atoms with E-state index in [1.165, 1.54) is 16.2 Å².